The van der Waals surface area contributed by atoms with Crippen LogP contribution in [0.15, 0.2) is 54.2 Å². The van der Waals surface area contributed by atoms with Gasteiger partial charge in [-0.1, -0.05) is 29.4 Å². The average molecular weight is 527 g/mol. The lowest BCUT2D eigenvalue weighted by Crippen LogP contribution is -2.35. The Hall–Kier alpha value is -3.39. The number of carbonyl (C=O) groups excluding carboxylic acids is 4. The van der Waals surface area contributed by atoms with Gasteiger partial charge in [-0.2, -0.15) is 0 Å². The van der Waals surface area contributed by atoms with E-state index in [1.54, 1.807) is 49.4 Å². The molecule has 0 aromatic heterocycles. The summed E-state index contributed by atoms with van der Waals surface area (Å²) >= 11 is 3.20. The third-order valence-electron chi connectivity index (χ3n) is 5.07. The maximum Gasteiger partial charge on any atom is 0.254 e. The second-order valence-corrected chi connectivity index (χ2v) is 8.74. The Balaban J connectivity index is 0.000000248. The van der Waals surface area contributed by atoms with E-state index in [1.165, 1.54) is 13.8 Å². The number of aryl methyl sites for hydroxylation is 2. The van der Waals surface area contributed by atoms with Crippen LogP contribution >= 0.6 is 15.9 Å². The highest BCUT2D eigenvalue weighted by atomic mass is 79.9. The van der Waals surface area contributed by atoms with Gasteiger partial charge < -0.3 is 10.2 Å². The molecule has 1 aliphatic heterocycles. The van der Waals surface area contributed by atoms with Crippen molar-refractivity contribution in [1.82, 2.24) is 5.32 Å². The van der Waals surface area contributed by atoms with E-state index in [9.17, 15) is 19.2 Å². The molecule has 0 aliphatic carbocycles. The monoisotopic (exact) mass is 526 g/mol. The van der Waals surface area contributed by atoms with E-state index in [1.807, 2.05) is 6.92 Å². The first-order valence-electron chi connectivity index (χ1n) is 10.6. The minimum Gasteiger partial charge on any atom is -0.369 e. The summed E-state index contributed by atoms with van der Waals surface area (Å²) in [6.45, 7) is 10.2. The molecular formula is C26H27BrN2O5. The summed E-state index contributed by atoms with van der Waals surface area (Å²) in [4.78, 5) is 51.0. The Kier molecular flexibility index (Phi) is 9.62. The molecule has 1 amide bonds. The normalized spacial score (nSPS) is 14.1. The van der Waals surface area contributed by atoms with Crippen molar-refractivity contribution in [2.75, 3.05) is 0 Å². The number of halogens is 1. The van der Waals surface area contributed by atoms with E-state index >= 15 is 0 Å². The molecule has 0 spiro atoms. The highest BCUT2D eigenvalue weighted by Gasteiger charge is 2.22. The minimum atomic E-state index is -0.450. The molecular weight excluding hydrogens is 500 g/mol. The number of rotatable bonds is 7. The Bertz CT molecular complexity index is 1170. The van der Waals surface area contributed by atoms with Gasteiger partial charge >= 0.3 is 0 Å². The van der Waals surface area contributed by atoms with Crippen LogP contribution in [0.25, 0.3) is 0 Å². The lowest BCUT2D eigenvalue weighted by Gasteiger charge is -2.12. The predicted molar refractivity (Wildman–Crippen MR) is 135 cm³/mol. The summed E-state index contributed by atoms with van der Waals surface area (Å²) in [5, 5.41) is 6.42. The molecule has 7 nitrogen and oxygen atoms in total. The highest BCUT2D eigenvalue weighted by Crippen LogP contribution is 2.16. The average Bonchev–Trinajstić information content (AvgIpc) is 3.18. The van der Waals surface area contributed by atoms with Crippen LogP contribution < -0.4 is 5.32 Å². The number of Topliss-reactive ketones (excluding diaryl/α,β-unsaturated/α-hetero) is 3. The van der Waals surface area contributed by atoms with Gasteiger partial charge in [0.1, 0.15) is 4.62 Å². The molecule has 1 aliphatic rings. The van der Waals surface area contributed by atoms with Gasteiger partial charge in [0.15, 0.2) is 17.3 Å². The van der Waals surface area contributed by atoms with Crippen molar-refractivity contribution in [3.63, 3.8) is 0 Å². The second-order valence-electron chi connectivity index (χ2n) is 7.83. The number of amides is 1. The van der Waals surface area contributed by atoms with Gasteiger partial charge in [-0.05, 0) is 73.0 Å². The van der Waals surface area contributed by atoms with Crippen molar-refractivity contribution < 1.29 is 24.0 Å². The standard InChI is InChI=1S/C13H13BrN2O3.C13H14O2/c1-7-5-9(8(2)17)3-4-10(7)13(18)15-12-6-11(14)16-19-12;1-4-5-13(15)12-7-6-11(10(3)14)8-9(12)2/h3-5,12H,6H2,1-2H3,(H,15,18);4,6-8H,1,5H2,2-3H3. The molecule has 1 unspecified atom stereocenters. The third-order valence-corrected chi connectivity index (χ3v) is 5.53. The van der Waals surface area contributed by atoms with E-state index in [0.29, 0.717) is 39.7 Å². The molecule has 0 fully saturated rings. The van der Waals surface area contributed by atoms with Crippen LogP contribution in [0.5, 0.6) is 0 Å². The van der Waals surface area contributed by atoms with E-state index in [2.05, 4.69) is 33.0 Å². The number of nitrogens with one attached hydrogen (secondary N) is 1. The van der Waals surface area contributed by atoms with Crippen molar-refractivity contribution in [2.24, 2.45) is 5.16 Å². The lowest BCUT2D eigenvalue weighted by atomic mass is 9.99. The van der Waals surface area contributed by atoms with Crippen LogP contribution in [0, 0.1) is 13.8 Å². The molecule has 178 valence electrons. The molecule has 2 aromatic rings. The summed E-state index contributed by atoms with van der Waals surface area (Å²) in [6.07, 6.45) is 1.98. The van der Waals surface area contributed by atoms with Crippen LogP contribution in [0.4, 0.5) is 0 Å². The van der Waals surface area contributed by atoms with Gasteiger partial charge in [-0.25, -0.2) is 0 Å². The highest BCUT2D eigenvalue weighted by molar-refractivity contribution is 9.18. The molecule has 1 heterocycles. The molecule has 34 heavy (non-hydrogen) atoms. The summed E-state index contributed by atoms with van der Waals surface area (Å²) in [5.74, 6) is -0.208. The smallest absolute Gasteiger partial charge is 0.254 e. The number of allylic oxidation sites excluding steroid dienone is 1. The van der Waals surface area contributed by atoms with Crippen LogP contribution in [-0.2, 0) is 4.84 Å². The Labute approximate surface area is 207 Å². The Morgan fingerprint density at radius 1 is 1.03 bits per heavy atom. The van der Waals surface area contributed by atoms with Crippen LogP contribution in [0.3, 0.4) is 0 Å². The first-order chi connectivity index (χ1) is 16.0. The number of carbonyl (C=O) groups is 4. The fraction of sp³-hybridized carbons (Fsp3) is 0.269. The van der Waals surface area contributed by atoms with Crippen LogP contribution in [0.2, 0.25) is 0 Å². The van der Waals surface area contributed by atoms with E-state index in [0.717, 1.165) is 11.1 Å². The lowest BCUT2D eigenvalue weighted by molar-refractivity contribution is 0.0502. The topological polar surface area (TPSA) is 102 Å². The molecule has 8 heteroatoms. The molecule has 0 saturated heterocycles. The fourth-order valence-corrected chi connectivity index (χ4v) is 3.60. The summed E-state index contributed by atoms with van der Waals surface area (Å²) in [5.41, 5.74) is 4.02. The zero-order chi connectivity index (χ0) is 25.4. The number of ketones is 3. The molecule has 1 N–H and O–H groups in total. The van der Waals surface area contributed by atoms with E-state index in [4.69, 9.17) is 4.84 Å². The van der Waals surface area contributed by atoms with Gasteiger partial charge in [0.25, 0.3) is 5.91 Å². The predicted octanol–water partition coefficient (Wildman–Crippen LogP) is 5.34. The maximum absolute atomic E-state index is 12.1. The molecule has 0 bridgehead atoms. The summed E-state index contributed by atoms with van der Waals surface area (Å²) < 4.78 is 0.668. The number of oxime groups is 1. The quantitative estimate of drug-likeness (QED) is 0.387. The van der Waals surface area contributed by atoms with Gasteiger partial charge in [-0.15, -0.1) is 6.58 Å². The number of hydrogen-bond donors (Lipinski definition) is 1. The first-order valence-corrected chi connectivity index (χ1v) is 11.4. The largest absolute Gasteiger partial charge is 0.369 e. The Morgan fingerprint density at radius 3 is 1.97 bits per heavy atom. The van der Waals surface area contributed by atoms with Crippen molar-refractivity contribution >= 4 is 43.8 Å². The zero-order valence-electron chi connectivity index (χ0n) is 19.6. The van der Waals surface area contributed by atoms with Crippen molar-refractivity contribution in [1.29, 1.82) is 0 Å². The zero-order valence-corrected chi connectivity index (χ0v) is 21.2. The maximum atomic E-state index is 12.1. The fourth-order valence-electron chi connectivity index (χ4n) is 3.22. The van der Waals surface area contributed by atoms with Gasteiger partial charge in [0, 0.05) is 28.7 Å². The van der Waals surface area contributed by atoms with Crippen molar-refractivity contribution in [2.45, 2.75) is 46.8 Å². The van der Waals surface area contributed by atoms with Crippen molar-refractivity contribution in [3.05, 3.63) is 82.4 Å². The SMILES string of the molecule is C=CCC(=O)c1ccc(C(C)=O)cc1C.CC(=O)c1ccc(C(=O)NC2CC(Br)=NO2)c(C)c1. The summed E-state index contributed by atoms with van der Waals surface area (Å²) in [7, 11) is 0. The van der Waals surface area contributed by atoms with Gasteiger partial charge in [0.05, 0.1) is 6.42 Å². The molecule has 0 saturated carbocycles. The molecule has 1 atom stereocenters. The molecule has 2 aromatic carbocycles. The molecule has 0 radical (unpaired) electrons. The number of hydrogen-bond acceptors (Lipinski definition) is 6. The first kappa shape index (κ1) is 26.9. The van der Waals surface area contributed by atoms with E-state index < -0.39 is 6.23 Å². The van der Waals surface area contributed by atoms with Crippen molar-refractivity contribution in [3.8, 4) is 0 Å². The Morgan fingerprint density at radius 2 is 1.56 bits per heavy atom. The summed E-state index contributed by atoms with van der Waals surface area (Å²) in [6, 6.07) is 10.1. The van der Waals surface area contributed by atoms with E-state index in [-0.39, 0.29) is 23.3 Å². The second kappa shape index (κ2) is 12.2. The molecule has 3 rings (SSSR count). The van der Waals surface area contributed by atoms with Crippen LogP contribution in [0.1, 0.15) is 79.2 Å². The number of benzene rings is 2. The third kappa shape index (κ3) is 7.31. The van der Waals surface area contributed by atoms with Gasteiger partial charge in [0.2, 0.25) is 6.23 Å². The number of nitrogens with zero attached hydrogens (tertiary/aromatic N) is 1. The van der Waals surface area contributed by atoms with Gasteiger partial charge in [-0.3, -0.25) is 19.2 Å². The van der Waals surface area contributed by atoms with Crippen LogP contribution in [-0.4, -0.2) is 34.1 Å². The minimum absolute atomic E-state index is 0.0146.